The van der Waals surface area contributed by atoms with Gasteiger partial charge in [-0.3, -0.25) is 9.69 Å². The monoisotopic (exact) mass is 381 g/mol. The van der Waals surface area contributed by atoms with Crippen LogP contribution in [0, 0.1) is 11.3 Å². The molecular formula is C21H27N5O2. The highest BCUT2D eigenvalue weighted by atomic mass is 16.7. The smallest absolute Gasteiger partial charge is 0.269 e. The van der Waals surface area contributed by atoms with Crippen molar-refractivity contribution in [2.75, 3.05) is 39.3 Å². The number of carbonyl (C=O) groups excluding carboxylic acids is 1. The van der Waals surface area contributed by atoms with Gasteiger partial charge < -0.3 is 15.1 Å². The van der Waals surface area contributed by atoms with E-state index < -0.39 is 0 Å². The lowest BCUT2D eigenvalue weighted by Crippen LogP contribution is -2.39. The maximum atomic E-state index is 12.4. The number of nitrogens with one attached hydrogen (secondary N) is 1. The lowest BCUT2D eigenvalue weighted by atomic mass is 9.96. The van der Waals surface area contributed by atoms with Gasteiger partial charge in [-0.1, -0.05) is 17.3 Å². The molecular weight excluding hydrogens is 354 g/mol. The van der Waals surface area contributed by atoms with Gasteiger partial charge in [0.25, 0.3) is 5.91 Å². The molecule has 7 nitrogen and oxygen atoms in total. The molecule has 3 aliphatic heterocycles. The van der Waals surface area contributed by atoms with Gasteiger partial charge in [0.1, 0.15) is 5.71 Å². The Balaban J connectivity index is 1.24. The molecule has 0 saturated carbocycles. The van der Waals surface area contributed by atoms with Gasteiger partial charge in [-0.25, -0.2) is 0 Å². The number of nitriles is 1. The Labute approximate surface area is 165 Å². The van der Waals surface area contributed by atoms with E-state index in [1.54, 1.807) is 0 Å². The molecule has 3 heterocycles. The molecule has 1 spiro atoms. The predicted molar refractivity (Wildman–Crippen MR) is 106 cm³/mol. The lowest BCUT2D eigenvalue weighted by Gasteiger charge is -2.21. The number of carbonyl (C=O) groups is 1. The highest BCUT2D eigenvalue weighted by Crippen LogP contribution is 2.34. The highest BCUT2D eigenvalue weighted by molar-refractivity contribution is 6.39. The van der Waals surface area contributed by atoms with Crippen molar-refractivity contribution in [3.63, 3.8) is 0 Å². The molecule has 0 aliphatic carbocycles. The maximum Gasteiger partial charge on any atom is 0.269 e. The number of hydrogen-bond donors (Lipinski definition) is 1. The zero-order valence-electron chi connectivity index (χ0n) is 16.2. The van der Waals surface area contributed by atoms with Crippen LogP contribution in [0.1, 0.15) is 36.8 Å². The van der Waals surface area contributed by atoms with E-state index >= 15 is 0 Å². The van der Waals surface area contributed by atoms with Crippen LogP contribution < -0.4 is 5.32 Å². The number of amides is 1. The van der Waals surface area contributed by atoms with Crippen molar-refractivity contribution in [2.45, 2.75) is 37.8 Å². The fraction of sp³-hybridized carbons (Fsp3) is 0.571. The van der Waals surface area contributed by atoms with Crippen LogP contribution in [0.2, 0.25) is 0 Å². The fourth-order valence-electron chi connectivity index (χ4n) is 4.36. The van der Waals surface area contributed by atoms with Gasteiger partial charge in [0, 0.05) is 45.6 Å². The molecule has 0 bridgehead atoms. The van der Waals surface area contributed by atoms with E-state index in [0.29, 0.717) is 24.2 Å². The zero-order chi connectivity index (χ0) is 19.4. The van der Waals surface area contributed by atoms with Crippen LogP contribution in [0.25, 0.3) is 0 Å². The Morgan fingerprint density at radius 1 is 1.29 bits per heavy atom. The summed E-state index contributed by atoms with van der Waals surface area (Å²) in [6.07, 6.45) is 3.94. The quantitative estimate of drug-likeness (QED) is 0.808. The van der Waals surface area contributed by atoms with Crippen molar-refractivity contribution in [3.05, 3.63) is 35.4 Å². The number of benzene rings is 1. The van der Waals surface area contributed by atoms with E-state index in [-0.39, 0.29) is 11.5 Å². The van der Waals surface area contributed by atoms with Crippen molar-refractivity contribution in [1.82, 2.24) is 15.1 Å². The van der Waals surface area contributed by atoms with Crippen molar-refractivity contribution in [3.8, 4) is 6.07 Å². The van der Waals surface area contributed by atoms with Crippen molar-refractivity contribution >= 4 is 11.6 Å². The summed E-state index contributed by atoms with van der Waals surface area (Å²) in [6, 6.07) is 9.88. The Bertz CT molecular complexity index is 796. The second-order valence-corrected chi connectivity index (χ2v) is 8.07. The maximum absolute atomic E-state index is 12.4. The largest absolute Gasteiger partial charge is 0.387 e. The molecule has 1 amide bonds. The minimum Gasteiger partial charge on any atom is -0.387 e. The van der Waals surface area contributed by atoms with E-state index in [4.69, 9.17) is 10.1 Å². The van der Waals surface area contributed by atoms with Gasteiger partial charge in [-0.2, -0.15) is 5.26 Å². The Morgan fingerprint density at radius 2 is 2.14 bits per heavy atom. The molecule has 3 aliphatic rings. The first kappa shape index (κ1) is 18.9. The van der Waals surface area contributed by atoms with Crippen LogP contribution in [0.15, 0.2) is 29.4 Å². The van der Waals surface area contributed by atoms with Crippen LogP contribution in [-0.2, 0) is 16.2 Å². The average molecular weight is 381 g/mol. The van der Waals surface area contributed by atoms with Gasteiger partial charge in [0.15, 0.2) is 5.60 Å². The summed E-state index contributed by atoms with van der Waals surface area (Å²) in [5, 5.41) is 16.2. The van der Waals surface area contributed by atoms with Crippen LogP contribution in [-0.4, -0.2) is 66.3 Å². The normalized spacial score (nSPS) is 24.9. The number of nitrogens with zero attached hydrogens (tertiary/aromatic N) is 4. The van der Waals surface area contributed by atoms with Gasteiger partial charge in [0.05, 0.1) is 11.6 Å². The van der Waals surface area contributed by atoms with Gasteiger partial charge in [-0.15, -0.1) is 0 Å². The van der Waals surface area contributed by atoms with Crippen molar-refractivity contribution in [2.24, 2.45) is 5.16 Å². The van der Waals surface area contributed by atoms with Crippen molar-refractivity contribution < 1.29 is 9.63 Å². The molecule has 1 atom stereocenters. The third-order valence-corrected chi connectivity index (χ3v) is 5.87. The number of hydrogen-bond acceptors (Lipinski definition) is 6. The summed E-state index contributed by atoms with van der Waals surface area (Å²) < 4.78 is 0. The van der Waals surface area contributed by atoms with Gasteiger partial charge in [-0.05, 0) is 43.6 Å². The van der Waals surface area contributed by atoms with Crippen molar-refractivity contribution in [1.29, 1.82) is 5.26 Å². The minimum absolute atomic E-state index is 0.101. The molecule has 7 heteroatoms. The molecule has 28 heavy (non-hydrogen) atoms. The van der Waals surface area contributed by atoms with E-state index in [1.807, 2.05) is 24.3 Å². The summed E-state index contributed by atoms with van der Waals surface area (Å²) in [5.41, 5.74) is 1.93. The molecule has 1 N–H and O–H groups in total. The van der Waals surface area contributed by atoms with E-state index in [0.717, 1.165) is 51.3 Å². The molecule has 0 aromatic heterocycles. The third-order valence-electron chi connectivity index (χ3n) is 5.87. The molecule has 1 aromatic carbocycles. The summed E-state index contributed by atoms with van der Waals surface area (Å²) >= 11 is 0. The zero-order valence-corrected chi connectivity index (χ0v) is 16.2. The first-order chi connectivity index (χ1) is 13.7. The molecule has 4 rings (SSSR count). The molecule has 1 unspecified atom stereocenters. The third kappa shape index (κ3) is 4.34. The second kappa shape index (κ2) is 8.29. The predicted octanol–water partition coefficient (Wildman–Crippen LogP) is 1.49. The standard InChI is InChI=1S/C21H27N5O2/c22-14-17-4-3-5-18(12-17)15-26-10-6-21(16-26)13-19(24-28-21)20(27)23-7-11-25-8-1-2-9-25/h3-5,12H,1-2,6-11,13,15-16H2,(H,23,27). The summed E-state index contributed by atoms with van der Waals surface area (Å²) in [7, 11) is 0. The molecule has 1 aromatic rings. The first-order valence-corrected chi connectivity index (χ1v) is 10.1. The fourth-order valence-corrected chi connectivity index (χ4v) is 4.36. The molecule has 0 radical (unpaired) electrons. The highest BCUT2D eigenvalue weighted by Gasteiger charge is 2.46. The van der Waals surface area contributed by atoms with E-state index in [9.17, 15) is 4.79 Å². The van der Waals surface area contributed by atoms with Crippen LogP contribution in [0.5, 0.6) is 0 Å². The molecule has 148 valence electrons. The van der Waals surface area contributed by atoms with Gasteiger partial charge >= 0.3 is 0 Å². The Kier molecular flexibility index (Phi) is 5.60. The Hall–Kier alpha value is -2.43. The van der Waals surface area contributed by atoms with Crippen LogP contribution in [0.4, 0.5) is 0 Å². The summed E-state index contributed by atoms with van der Waals surface area (Å²) in [4.78, 5) is 22.9. The van der Waals surface area contributed by atoms with E-state index in [1.165, 1.54) is 12.8 Å². The van der Waals surface area contributed by atoms with E-state index in [2.05, 4.69) is 26.3 Å². The SMILES string of the molecule is N#Cc1cccc(CN2CCC3(CC(C(=O)NCCN4CCCC4)=NO3)C2)c1. The second-order valence-electron chi connectivity index (χ2n) is 8.07. The topological polar surface area (TPSA) is 81.0 Å². The number of rotatable bonds is 6. The summed E-state index contributed by atoms with van der Waals surface area (Å²) in [6.45, 7) is 6.26. The average Bonchev–Trinajstić information content (AvgIpc) is 3.45. The van der Waals surface area contributed by atoms with Crippen LogP contribution >= 0.6 is 0 Å². The first-order valence-electron chi connectivity index (χ1n) is 10.1. The van der Waals surface area contributed by atoms with Crippen LogP contribution in [0.3, 0.4) is 0 Å². The minimum atomic E-state index is -0.380. The number of oxime groups is 1. The van der Waals surface area contributed by atoms with Gasteiger partial charge in [0.2, 0.25) is 0 Å². The molecule has 2 fully saturated rings. The summed E-state index contributed by atoms with van der Waals surface area (Å²) in [5.74, 6) is -0.101. The molecule has 2 saturated heterocycles. The number of likely N-dealkylation sites (tertiary alicyclic amines) is 2. The lowest BCUT2D eigenvalue weighted by molar-refractivity contribution is -0.114. The Morgan fingerprint density at radius 3 is 2.96 bits per heavy atom.